The topological polar surface area (TPSA) is 52.0 Å². The van der Waals surface area contributed by atoms with E-state index in [9.17, 15) is 9.59 Å². The van der Waals surface area contributed by atoms with Gasteiger partial charge in [0.15, 0.2) is 0 Å². The summed E-state index contributed by atoms with van der Waals surface area (Å²) in [5, 5.41) is 0.659. The van der Waals surface area contributed by atoms with Crippen molar-refractivity contribution in [3.63, 3.8) is 0 Å². The van der Waals surface area contributed by atoms with Crippen LogP contribution in [-0.2, 0) is 10.2 Å². The van der Waals surface area contributed by atoms with E-state index in [4.69, 9.17) is 4.98 Å². The normalized spacial score (nSPS) is 23.8. The van der Waals surface area contributed by atoms with E-state index in [-0.39, 0.29) is 16.9 Å². The van der Waals surface area contributed by atoms with Gasteiger partial charge in [0.25, 0.3) is 5.56 Å². The first-order valence-corrected chi connectivity index (χ1v) is 12.7. The van der Waals surface area contributed by atoms with Gasteiger partial charge in [-0.3, -0.25) is 9.36 Å². The smallest absolute Gasteiger partial charge is 0.281 e. The number of hydrogen-bond donors (Lipinski definition) is 0. The third kappa shape index (κ3) is 2.89. The van der Waals surface area contributed by atoms with Gasteiger partial charge < -0.3 is 4.79 Å². The van der Waals surface area contributed by atoms with Crippen LogP contribution in [0.5, 0.6) is 0 Å². The van der Waals surface area contributed by atoms with E-state index in [1.54, 1.807) is 0 Å². The van der Waals surface area contributed by atoms with Crippen molar-refractivity contribution >= 4 is 33.1 Å². The highest BCUT2D eigenvalue weighted by Crippen LogP contribution is 2.52. The Hall–Kier alpha value is -2.27. The first kappa shape index (κ1) is 20.3. The van der Waals surface area contributed by atoms with Crippen LogP contribution >= 0.6 is 15.9 Å². The SMILES string of the molecule is O=CC1CCC(c2ccc3c(c2)-n2c(nc(=O)c4c(Br)cccc42)C32CCCCC2)CC1. The summed E-state index contributed by atoms with van der Waals surface area (Å²) in [6, 6.07) is 13.0. The van der Waals surface area contributed by atoms with Gasteiger partial charge in [-0.2, -0.15) is 4.98 Å². The van der Waals surface area contributed by atoms with E-state index in [1.165, 1.54) is 36.1 Å². The maximum atomic E-state index is 13.1. The molecule has 3 aliphatic rings. The van der Waals surface area contributed by atoms with Gasteiger partial charge in [-0.15, -0.1) is 0 Å². The predicted molar refractivity (Wildman–Crippen MR) is 130 cm³/mol. The Kier molecular flexibility index (Phi) is 4.87. The van der Waals surface area contributed by atoms with Crippen LogP contribution < -0.4 is 5.56 Å². The lowest BCUT2D eigenvalue weighted by Crippen LogP contribution is -2.32. The molecule has 0 unspecified atom stereocenters. The standard InChI is InChI=1S/C27H27BrN2O2/c28-21-5-4-6-22-24(21)25(32)29-26-27(13-2-1-3-14-27)20-12-11-19(15-23(20)30(22)26)18-9-7-17(16-31)8-10-18/h4-6,11-12,15-18H,1-3,7-10,13-14H2. The summed E-state index contributed by atoms with van der Waals surface area (Å²) in [5.74, 6) is 1.65. The Balaban J connectivity index is 1.57. The summed E-state index contributed by atoms with van der Waals surface area (Å²) in [6.07, 6.45) is 10.9. The summed E-state index contributed by atoms with van der Waals surface area (Å²) in [6.45, 7) is 0. The van der Waals surface area contributed by atoms with E-state index < -0.39 is 0 Å². The van der Waals surface area contributed by atoms with Crippen molar-refractivity contribution in [3.8, 4) is 5.69 Å². The van der Waals surface area contributed by atoms with Gasteiger partial charge in [0.1, 0.15) is 12.1 Å². The molecule has 0 bridgehead atoms. The second-order valence-electron chi connectivity index (χ2n) is 9.88. The number of nitrogens with zero attached hydrogens (tertiary/aromatic N) is 2. The molecule has 5 heteroatoms. The number of aromatic nitrogens is 2. The molecule has 2 aliphatic carbocycles. The lowest BCUT2D eigenvalue weighted by molar-refractivity contribution is -0.111. The number of benzene rings is 2. The second kappa shape index (κ2) is 7.65. The highest BCUT2D eigenvalue weighted by Gasteiger charge is 2.46. The summed E-state index contributed by atoms with van der Waals surface area (Å²) in [4.78, 5) is 29.1. The molecule has 2 fully saturated rings. The van der Waals surface area contributed by atoms with Crippen molar-refractivity contribution in [2.24, 2.45) is 5.92 Å². The fraction of sp³-hybridized carbons (Fsp3) is 0.444. The molecule has 2 heterocycles. The van der Waals surface area contributed by atoms with E-state index in [0.717, 1.165) is 60.6 Å². The van der Waals surface area contributed by atoms with Gasteiger partial charge in [-0.1, -0.05) is 37.5 Å². The number of fused-ring (bicyclic) bond motifs is 7. The fourth-order valence-corrected chi connectivity index (χ4v) is 7.07. The number of carbonyl (C=O) groups excluding carboxylic acids is 1. The fourth-order valence-electron chi connectivity index (χ4n) is 6.54. The second-order valence-corrected chi connectivity index (χ2v) is 10.7. The zero-order valence-electron chi connectivity index (χ0n) is 18.1. The summed E-state index contributed by atoms with van der Waals surface area (Å²) in [7, 11) is 0. The molecule has 0 amide bonds. The average Bonchev–Trinajstić information content (AvgIpc) is 3.08. The molecule has 0 radical (unpaired) electrons. The molecule has 164 valence electrons. The molecule has 1 spiro atoms. The van der Waals surface area contributed by atoms with Crippen molar-refractivity contribution in [2.45, 2.75) is 69.1 Å². The number of carbonyl (C=O) groups is 1. The van der Waals surface area contributed by atoms with Crippen LogP contribution in [0.3, 0.4) is 0 Å². The van der Waals surface area contributed by atoms with Gasteiger partial charge in [-0.05, 0) is 89.7 Å². The largest absolute Gasteiger partial charge is 0.303 e. The lowest BCUT2D eigenvalue weighted by Gasteiger charge is -2.33. The molecule has 0 N–H and O–H groups in total. The minimum absolute atomic E-state index is 0.135. The quantitative estimate of drug-likeness (QED) is 0.402. The molecular weight excluding hydrogens is 464 g/mol. The molecule has 3 aromatic rings. The Morgan fingerprint density at radius 1 is 1.03 bits per heavy atom. The maximum Gasteiger partial charge on any atom is 0.281 e. The number of hydrogen-bond acceptors (Lipinski definition) is 3. The summed E-state index contributed by atoms with van der Waals surface area (Å²) < 4.78 is 3.08. The first-order chi connectivity index (χ1) is 15.6. The number of halogens is 1. The first-order valence-electron chi connectivity index (χ1n) is 11.9. The van der Waals surface area contributed by atoms with E-state index in [2.05, 4.69) is 44.8 Å². The highest BCUT2D eigenvalue weighted by molar-refractivity contribution is 9.10. The molecule has 1 aliphatic heterocycles. The highest BCUT2D eigenvalue weighted by atomic mass is 79.9. The Bertz CT molecular complexity index is 1280. The number of rotatable bonds is 2. The van der Waals surface area contributed by atoms with Gasteiger partial charge in [0, 0.05) is 10.4 Å². The van der Waals surface area contributed by atoms with Crippen LogP contribution in [0.4, 0.5) is 0 Å². The van der Waals surface area contributed by atoms with Crippen molar-refractivity contribution in [3.05, 3.63) is 68.2 Å². The Morgan fingerprint density at radius 3 is 2.56 bits per heavy atom. The Labute approximate surface area is 196 Å². The molecule has 0 saturated heterocycles. The molecule has 1 aromatic heterocycles. The van der Waals surface area contributed by atoms with Gasteiger partial charge in [0.05, 0.1) is 22.0 Å². The van der Waals surface area contributed by atoms with Crippen molar-refractivity contribution in [1.82, 2.24) is 9.55 Å². The summed E-state index contributed by atoms with van der Waals surface area (Å²) in [5.41, 5.74) is 4.55. The zero-order valence-corrected chi connectivity index (χ0v) is 19.7. The van der Waals surface area contributed by atoms with Crippen molar-refractivity contribution in [2.75, 3.05) is 0 Å². The minimum Gasteiger partial charge on any atom is -0.303 e. The average molecular weight is 491 g/mol. The van der Waals surface area contributed by atoms with E-state index in [1.807, 2.05) is 12.1 Å². The van der Waals surface area contributed by atoms with Crippen LogP contribution in [0.25, 0.3) is 16.6 Å². The van der Waals surface area contributed by atoms with Gasteiger partial charge in [-0.25, -0.2) is 0 Å². The Morgan fingerprint density at radius 2 is 1.81 bits per heavy atom. The van der Waals surface area contributed by atoms with Crippen LogP contribution in [-0.4, -0.2) is 15.8 Å². The molecular formula is C27H27BrN2O2. The van der Waals surface area contributed by atoms with Gasteiger partial charge >= 0.3 is 0 Å². The lowest BCUT2D eigenvalue weighted by atomic mass is 9.69. The monoisotopic (exact) mass is 490 g/mol. The van der Waals surface area contributed by atoms with Crippen molar-refractivity contribution < 1.29 is 4.79 Å². The molecule has 4 nitrogen and oxygen atoms in total. The molecule has 2 aromatic carbocycles. The van der Waals surface area contributed by atoms with Crippen LogP contribution in [0, 0.1) is 5.92 Å². The predicted octanol–water partition coefficient (Wildman–Crippen LogP) is 6.18. The van der Waals surface area contributed by atoms with Crippen LogP contribution in [0.2, 0.25) is 0 Å². The summed E-state index contributed by atoms with van der Waals surface area (Å²) >= 11 is 3.59. The van der Waals surface area contributed by atoms with Crippen LogP contribution in [0.1, 0.15) is 80.7 Å². The molecule has 6 rings (SSSR count). The number of aldehydes is 1. The van der Waals surface area contributed by atoms with Crippen molar-refractivity contribution in [1.29, 1.82) is 0 Å². The third-order valence-electron chi connectivity index (χ3n) is 8.21. The van der Waals surface area contributed by atoms with E-state index in [0.29, 0.717) is 11.3 Å². The minimum atomic E-state index is -0.156. The third-order valence-corrected chi connectivity index (χ3v) is 8.88. The zero-order chi connectivity index (χ0) is 21.9. The van der Waals surface area contributed by atoms with Crippen LogP contribution in [0.15, 0.2) is 45.7 Å². The molecule has 0 atom stereocenters. The van der Waals surface area contributed by atoms with E-state index >= 15 is 0 Å². The molecule has 2 saturated carbocycles. The van der Waals surface area contributed by atoms with Gasteiger partial charge in [0.2, 0.25) is 0 Å². The maximum absolute atomic E-state index is 13.1. The molecule has 32 heavy (non-hydrogen) atoms.